The van der Waals surface area contributed by atoms with Crippen LogP contribution in [0.5, 0.6) is 5.75 Å². The van der Waals surface area contributed by atoms with Crippen LogP contribution in [0.2, 0.25) is 0 Å². The van der Waals surface area contributed by atoms with Crippen LogP contribution in [0.25, 0.3) is 0 Å². The van der Waals surface area contributed by atoms with Crippen LogP contribution < -0.4 is 16.2 Å². The molecule has 0 aromatic heterocycles. The Balaban J connectivity index is 2.76. The Morgan fingerprint density at radius 2 is 2.19 bits per heavy atom. The number of anilines is 1. The number of hydrogen-bond donors (Lipinski definition) is 2. The number of carbonyl (C=O) groups is 1. The molecule has 1 amide bonds. The number of ether oxygens (including phenoxy) is 1. The highest BCUT2D eigenvalue weighted by molar-refractivity contribution is 5.75. The van der Waals surface area contributed by atoms with Crippen LogP contribution in [0.3, 0.4) is 0 Å². The van der Waals surface area contributed by atoms with Crippen molar-refractivity contribution in [3.05, 3.63) is 23.8 Å². The fourth-order valence-electron chi connectivity index (χ4n) is 1.50. The molecule has 1 rings (SSSR count). The van der Waals surface area contributed by atoms with Gasteiger partial charge in [0.05, 0.1) is 13.7 Å². The lowest BCUT2D eigenvalue weighted by molar-refractivity contribution is -0.118. The third-order valence-corrected chi connectivity index (χ3v) is 2.18. The quantitative estimate of drug-likeness (QED) is 0.698. The summed E-state index contributed by atoms with van der Waals surface area (Å²) < 4.78 is 5.21. The molecule has 0 aliphatic rings. The van der Waals surface area contributed by atoms with Crippen molar-refractivity contribution in [3.8, 4) is 5.75 Å². The van der Waals surface area contributed by atoms with Gasteiger partial charge in [0.25, 0.3) is 0 Å². The second-order valence-corrected chi connectivity index (χ2v) is 3.71. The van der Waals surface area contributed by atoms with E-state index in [2.05, 4.69) is 0 Å². The number of rotatable bonds is 5. The zero-order chi connectivity index (χ0) is 12.1. The molecule has 1 aromatic rings. The predicted octanol–water partition coefficient (Wildman–Crippen LogP) is 0.195. The second-order valence-electron chi connectivity index (χ2n) is 3.71. The van der Waals surface area contributed by atoms with Crippen LogP contribution in [0.15, 0.2) is 18.2 Å². The number of nitrogen functional groups attached to an aromatic ring is 1. The summed E-state index contributed by atoms with van der Waals surface area (Å²) in [4.78, 5) is 12.6. The van der Waals surface area contributed by atoms with Gasteiger partial charge < -0.3 is 16.2 Å². The third-order valence-electron chi connectivity index (χ3n) is 2.18. The maximum Gasteiger partial charge on any atom is 0.231 e. The third kappa shape index (κ3) is 3.43. The van der Waals surface area contributed by atoms with Crippen LogP contribution >= 0.6 is 0 Å². The largest absolute Gasteiger partial charge is 0.496 e. The predicted molar refractivity (Wildman–Crippen MR) is 62.9 cm³/mol. The Hall–Kier alpha value is -1.75. The summed E-state index contributed by atoms with van der Waals surface area (Å²) >= 11 is 0. The molecule has 5 nitrogen and oxygen atoms in total. The lowest BCUT2D eigenvalue weighted by Gasteiger charge is -2.16. The number of hydrogen-bond acceptors (Lipinski definition) is 4. The number of nitrogens with two attached hydrogens (primary N) is 2. The topological polar surface area (TPSA) is 81.6 Å². The molecular formula is C11H17N3O2. The van der Waals surface area contributed by atoms with Crippen molar-refractivity contribution in [3.63, 3.8) is 0 Å². The molecule has 4 N–H and O–H groups in total. The highest BCUT2D eigenvalue weighted by Crippen LogP contribution is 2.22. The van der Waals surface area contributed by atoms with Crippen molar-refractivity contribution < 1.29 is 9.53 Å². The van der Waals surface area contributed by atoms with Gasteiger partial charge in [-0.05, 0) is 13.1 Å². The molecule has 0 saturated carbocycles. The summed E-state index contributed by atoms with van der Waals surface area (Å²) in [5.74, 6) is 0.369. The monoisotopic (exact) mass is 223 g/mol. The number of likely N-dealkylation sites (N-methyl/N-ethyl adjacent to an activating group) is 1. The first-order valence-corrected chi connectivity index (χ1v) is 4.92. The first-order chi connectivity index (χ1) is 7.52. The van der Waals surface area contributed by atoms with Gasteiger partial charge in [0.15, 0.2) is 0 Å². The molecule has 0 fully saturated rings. The Bertz CT molecular complexity index is 379. The van der Waals surface area contributed by atoms with Crippen molar-refractivity contribution in [2.45, 2.75) is 6.54 Å². The summed E-state index contributed by atoms with van der Waals surface area (Å²) in [6.07, 6.45) is 0. The van der Waals surface area contributed by atoms with Gasteiger partial charge in [-0.1, -0.05) is 6.07 Å². The Morgan fingerprint density at radius 1 is 1.50 bits per heavy atom. The minimum atomic E-state index is -0.350. The maximum atomic E-state index is 10.7. The minimum absolute atomic E-state index is 0.216. The Labute approximate surface area is 95.0 Å². The van der Waals surface area contributed by atoms with E-state index in [0.717, 1.165) is 11.3 Å². The Kier molecular flexibility index (Phi) is 4.13. The molecule has 0 unspecified atom stereocenters. The van der Waals surface area contributed by atoms with Crippen molar-refractivity contribution in [1.29, 1.82) is 0 Å². The number of benzene rings is 1. The van der Waals surface area contributed by atoms with Gasteiger partial charge in [-0.25, -0.2) is 0 Å². The normalized spacial score (nSPS) is 10.4. The lowest BCUT2D eigenvalue weighted by atomic mass is 10.1. The van der Waals surface area contributed by atoms with E-state index in [-0.39, 0.29) is 12.5 Å². The van der Waals surface area contributed by atoms with Crippen LogP contribution in [-0.4, -0.2) is 31.5 Å². The summed E-state index contributed by atoms with van der Waals surface area (Å²) in [7, 11) is 3.41. The van der Waals surface area contributed by atoms with Gasteiger partial charge in [0.2, 0.25) is 5.91 Å². The molecule has 0 saturated heterocycles. The van der Waals surface area contributed by atoms with Gasteiger partial charge in [-0.3, -0.25) is 9.69 Å². The molecular weight excluding hydrogens is 206 g/mol. The Morgan fingerprint density at radius 3 is 2.75 bits per heavy atom. The number of primary amides is 1. The first kappa shape index (κ1) is 12.3. The fraction of sp³-hybridized carbons (Fsp3) is 0.364. The lowest BCUT2D eigenvalue weighted by Crippen LogP contribution is -2.30. The zero-order valence-electron chi connectivity index (χ0n) is 9.56. The summed E-state index contributed by atoms with van der Waals surface area (Å²) in [5.41, 5.74) is 12.4. The van der Waals surface area contributed by atoms with Crippen molar-refractivity contribution in [1.82, 2.24) is 4.90 Å². The van der Waals surface area contributed by atoms with E-state index in [9.17, 15) is 4.79 Å². The molecule has 0 atom stereocenters. The van der Waals surface area contributed by atoms with E-state index in [1.807, 2.05) is 18.0 Å². The number of carbonyl (C=O) groups excluding carboxylic acids is 1. The summed E-state index contributed by atoms with van der Waals surface area (Å²) in [6.45, 7) is 0.805. The van der Waals surface area contributed by atoms with Gasteiger partial charge in [0, 0.05) is 23.9 Å². The second kappa shape index (κ2) is 5.37. The van der Waals surface area contributed by atoms with Crippen LogP contribution in [0.4, 0.5) is 5.69 Å². The van der Waals surface area contributed by atoms with E-state index in [0.29, 0.717) is 12.2 Å². The summed E-state index contributed by atoms with van der Waals surface area (Å²) in [5, 5.41) is 0. The van der Waals surface area contributed by atoms with Gasteiger partial charge in [0.1, 0.15) is 5.75 Å². The van der Waals surface area contributed by atoms with Crippen molar-refractivity contribution in [2.24, 2.45) is 5.73 Å². The van der Waals surface area contributed by atoms with Gasteiger partial charge in [-0.2, -0.15) is 0 Å². The van der Waals surface area contributed by atoms with E-state index >= 15 is 0 Å². The SMILES string of the molecule is COc1cc(N)ccc1CN(C)CC(N)=O. The van der Waals surface area contributed by atoms with E-state index in [4.69, 9.17) is 16.2 Å². The molecule has 0 aliphatic carbocycles. The zero-order valence-corrected chi connectivity index (χ0v) is 9.56. The van der Waals surface area contributed by atoms with Crippen LogP contribution in [0.1, 0.15) is 5.56 Å². The highest BCUT2D eigenvalue weighted by Gasteiger charge is 2.08. The first-order valence-electron chi connectivity index (χ1n) is 4.92. The molecule has 0 spiro atoms. The number of methoxy groups -OCH3 is 1. The molecule has 5 heteroatoms. The number of amides is 1. The van der Waals surface area contributed by atoms with E-state index in [1.54, 1.807) is 19.2 Å². The molecule has 0 bridgehead atoms. The fourth-order valence-corrected chi connectivity index (χ4v) is 1.50. The number of nitrogens with zero attached hydrogens (tertiary/aromatic N) is 1. The molecule has 1 aromatic carbocycles. The maximum absolute atomic E-state index is 10.7. The standard InChI is InChI=1S/C11H17N3O2/c1-14(7-11(13)15)6-8-3-4-9(12)5-10(8)16-2/h3-5H,6-7,12H2,1-2H3,(H2,13,15). The molecule has 0 aliphatic heterocycles. The van der Waals surface area contributed by atoms with E-state index < -0.39 is 0 Å². The molecule has 0 heterocycles. The van der Waals surface area contributed by atoms with Crippen LogP contribution in [-0.2, 0) is 11.3 Å². The molecule has 0 radical (unpaired) electrons. The van der Waals surface area contributed by atoms with E-state index in [1.165, 1.54) is 0 Å². The van der Waals surface area contributed by atoms with Gasteiger partial charge in [-0.15, -0.1) is 0 Å². The summed E-state index contributed by atoms with van der Waals surface area (Å²) in [6, 6.07) is 5.44. The average molecular weight is 223 g/mol. The smallest absolute Gasteiger partial charge is 0.231 e. The minimum Gasteiger partial charge on any atom is -0.496 e. The highest BCUT2D eigenvalue weighted by atomic mass is 16.5. The van der Waals surface area contributed by atoms with Crippen LogP contribution in [0, 0.1) is 0 Å². The van der Waals surface area contributed by atoms with Gasteiger partial charge >= 0.3 is 0 Å². The molecule has 16 heavy (non-hydrogen) atoms. The average Bonchev–Trinajstić information content (AvgIpc) is 2.19. The molecule has 88 valence electrons. The van der Waals surface area contributed by atoms with Crippen molar-refractivity contribution in [2.75, 3.05) is 26.4 Å². The van der Waals surface area contributed by atoms with Crippen molar-refractivity contribution >= 4 is 11.6 Å².